The third-order valence-electron chi connectivity index (χ3n) is 4.92. The van der Waals surface area contributed by atoms with E-state index in [4.69, 9.17) is 14.2 Å². The van der Waals surface area contributed by atoms with Crippen LogP contribution in [0.25, 0.3) is 10.9 Å². The number of fused-ring (bicyclic) bond motifs is 1. The molecule has 0 N–H and O–H groups in total. The number of nitrogens with zero attached hydrogens (tertiary/aromatic N) is 3. The molecule has 0 aliphatic carbocycles. The van der Waals surface area contributed by atoms with Gasteiger partial charge in [-0.15, -0.1) is 0 Å². The summed E-state index contributed by atoms with van der Waals surface area (Å²) in [5.74, 6) is 0.856. The number of benzene rings is 2. The third kappa shape index (κ3) is 6.29. The van der Waals surface area contributed by atoms with E-state index < -0.39 is 12.1 Å². The number of halogens is 2. The minimum atomic E-state index is -0.819. The Kier molecular flexibility index (Phi) is 9.07. The molecule has 0 fully saturated rings. The van der Waals surface area contributed by atoms with Gasteiger partial charge in [0.1, 0.15) is 5.82 Å². The van der Waals surface area contributed by atoms with Crippen molar-refractivity contribution in [2.45, 2.75) is 46.6 Å². The summed E-state index contributed by atoms with van der Waals surface area (Å²) in [6.07, 6.45) is 0.741. The van der Waals surface area contributed by atoms with Crippen molar-refractivity contribution in [1.29, 1.82) is 0 Å². The lowest BCUT2D eigenvalue weighted by atomic mass is 10.2. The Morgan fingerprint density at radius 1 is 1.14 bits per heavy atom. The molecule has 1 heterocycles. The molecule has 10 heteroatoms. The second-order valence-corrected chi connectivity index (χ2v) is 9.69. The first-order valence-electron chi connectivity index (χ1n) is 11.2. The predicted molar refractivity (Wildman–Crippen MR) is 143 cm³/mol. The average molecular weight is 609 g/mol. The summed E-state index contributed by atoms with van der Waals surface area (Å²) in [4.78, 5) is 29.9. The largest absolute Gasteiger partial charge is 0.490 e. The van der Waals surface area contributed by atoms with Gasteiger partial charge < -0.3 is 14.2 Å². The van der Waals surface area contributed by atoms with E-state index in [0.29, 0.717) is 44.9 Å². The lowest BCUT2D eigenvalue weighted by Crippen LogP contribution is -2.26. The molecule has 0 radical (unpaired) electrons. The smallest absolute Gasteiger partial charge is 0.347 e. The van der Waals surface area contributed by atoms with Gasteiger partial charge in [0, 0.05) is 10.4 Å². The van der Waals surface area contributed by atoms with Gasteiger partial charge in [0.15, 0.2) is 17.6 Å². The van der Waals surface area contributed by atoms with E-state index in [1.54, 1.807) is 38.3 Å². The quantitative estimate of drug-likeness (QED) is 0.230. The lowest BCUT2D eigenvalue weighted by Gasteiger charge is -2.18. The number of aromatic nitrogens is 2. The van der Waals surface area contributed by atoms with Crippen LogP contribution in [0.4, 0.5) is 0 Å². The zero-order valence-corrected chi connectivity index (χ0v) is 23.3. The number of carbonyl (C=O) groups excluding carboxylic acids is 1. The van der Waals surface area contributed by atoms with Gasteiger partial charge in [-0.1, -0.05) is 29.8 Å². The van der Waals surface area contributed by atoms with Crippen LogP contribution in [0.15, 0.2) is 49.2 Å². The molecule has 0 aliphatic heterocycles. The Bertz CT molecular complexity index is 1320. The topological polar surface area (TPSA) is 92.0 Å². The van der Waals surface area contributed by atoms with Crippen LogP contribution in [0.3, 0.4) is 0 Å². The van der Waals surface area contributed by atoms with E-state index in [-0.39, 0.29) is 18.1 Å². The minimum Gasteiger partial charge on any atom is -0.490 e. The van der Waals surface area contributed by atoms with Crippen LogP contribution in [0.2, 0.25) is 0 Å². The highest BCUT2D eigenvalue weighted by Gasteiger charge is 2.21. The first-order chi connectivity index (χ1) is 16.7. The molecule has 0 saturated carbocycles. The van der Waals surface area contributed by atoms with Gasteiger partial charge in [-0.3, -0.25) is 4.79 Å². The molecule has 0 bridgehead atoms. The molecule has 0 amide bonds. The zero-order valence-electron chi connectivity index (χ0n) is 20.2. The molecule has 3 aromatic rings. The second-order valence-electron chi connectivity index (χ2n) is 7.92. The van der Waals surface area contributed by atoms with E-state index in [9.17, 15) is 9.59 Å². The van der Waals surface area contributed by atoms with E-state index in [0.717, 1.165) is 4.47 Å². The zero-order chi connectivity index (χ0) is 25.7. The van der Waals surface area contributed by atoms with Crippen molar-refractivity contribution < 1.29 is 19.0 Å². The Hall–Kier alpha value is -2.72. The molecule has 1 atom stereocenters. The third-order valence-corrected chi connectivity index (χ3v) is 6.00. The SMILES string of the molecule is CCOC(=O)[C@H](C)Oc1c(Br)cc(C=Nn2c(C(C)C)nc3ccc(Br)cc3c2=O)cc1OCC. The molecule has 3 rings (SSSR count). The van der Waals surface area contributed by atoms with Crippen molar-refractivity contribution in [3.8, 4) is 11.5 Å². The van der Waals surface area contributed by atoms with Gasteiger partial charge in [0.25, 0.3) is 5.56 Å². The summed E-state index contributed by atoms with van der Waals surface area (Å²) in [5.41, 5.74) is 1.02. The van der Waals surface area contributed by atoms with Crippen molar-refractivity contribution in [2.75, 3.05) is 13.2 Å². The first kappa shape index (κ1) is 26.9. The van der Waals surface area contributed by atoms with Gasteiger partial charge >= 0.3 is 5.97 Å². The Morgan fingerprint density at radius 2 is 1.89 bits per heavy atom. The standard InChI is InChI=1S/C25H27Br2N3O5/c1-6-33-21-11-16(10-19(27)22(21)35-15(5)25(32)34-7-2)13-28-30-23(14(3)4)29-20-9-8-17(26)12-18(20)24(30)31/h8-15H,6-7H2,1-5H3/t15-/m0/s1. The van der Waals surface area contributed by atoms with E-state index >= 15 is 0 Å². The van der Waals surface area contributed by atoms with Crippen molar-refractivity contribution in [1.82, 2.24) is 9.66 Å². The van der Waals surface area contributed by atoms with Crippen LogP contribution in [0.5, 0.6) is 11.5 Å². The van der Waals surface area contributed by atoms with Crippen LogP contribution in [-0.4, -0.2) is 41.2 Å². The first-order valence-corrected chi connectivity index (χ1v) is 12.8. The molecule has 1 aromatic heterocycles. The summed E-state index contributed by atoms with van der Waals surface area (Å²) in [6.45, 7) is 9.76. The van der Waals surface area contributed by atoms with Crippen molar-refractivity contribution in [2.24, 2.45) is 5.10 Å². The van der Waals surface area contributed by atoms with Gasteiger partial charge in [0.05, 0.1) is 34.8 Å². The van der Waals surface area contributed by atoms with Crippen LogP contribution in [0, 0.1) is 0 Å². The number of ether oxygens (including phenoxy) is 3. The molecule has 186 valence electrons. The Labute approximate surface area is 220 Å². The highest BCUT2D eigenvalue weighted by molar-refractivity contribution is 9.10. The van der Waals surface area contributed by atoms with E-state index in [1.807, 2.05) is 32.9 Å². The van der Waals surface area contributed by atoms with Crippen LogP contribution >= 0.6 is 31.9 Å². The maximum Gasteiger partial charge on any atom is 0.347 e. The summed E-state index contributed by atoms with van der Waals surface area (Å²) < 4.78 is 19.3. The van der Waals surface area contributed by atoms with Crippen LogP contribution < -0.4 is 15.0 Å². The summed E-state index contributed by atoms with van der Waals surface area (Å²) >= 11 is 6.91. The predicted octanol–water partition coefficient (Wildman–Crippen LogP) is 5.66. The van der Waals surface area contributed by atoms with Crippen LogP contribution in [-0.2, 0) is 9.53 Å². The maximum atomic E-state index is 13.2. The van der Waals surface area contributed by atoms with Gasteiger partial charge in [-0.25, -0.2) is 9.78 Å². The minimum absolute atomic E-state index is 0.0289. The van der Waals surface area contributed by atoms with Gasteiger partial charge in [-0.05, 0) is 72.6 Å². The van der Waals surface area contributed by atoms with E-state index in [1.165, 1.54) is 4.68 Å². The van der Waals surface area contributed by atoms with Crippen LogP contribution in [0.1, 0.15) is 51.9 Å². The number of rotatable bonds is 9. The number of hydrogen-bond acceptors (Lipinski definition) is 7. The molecule has 0 saturated heterocycles. The van der Waals surface area contributed by atoms with Gasteiger partial charge in [-0.2, -0.15) is 9.78 Å². The average Bonchev–Trinajstić information content (AvgIpc) is 2.81. The molecule has 0 unspecified atom stereocenters. The summed E-state index contributed by atoms with van der Waals surface area (Å²) in [6, 6.07) is 8.90. The Balaban J connectivity index is 2.04. The molecular weight excluding hydrogens is 582 g/mol. The van der Waals surface area contributed by atoms with Crippen molar-refractivity contribution >= 4 is 54.9 Å². The van der Waals surface area contributed by atoms with Gasteiger partial charge in [0.2, 0.25) is 0 Å². The highest BCUT2D eigenvalue weighted by Crippen LogP contribution is 2.37. The maximum absolute atomic E-state index is 13.2. The highest BCUT2D eigenvalue weighted by atomic mass is 79.9. The fourth-order valence-corrected chi connectivity index (χ4v) is 4.21. The van der Waals surface area contributed by atoms with Crippen molar-refractivity contribution in [3.05, 3.63) is 61.0 Å². The Morgan fingerprint density at radius 3 is 2.54 bits per heavy atom. The molecule has 0 aliphatic rings. The molecule has 8 nitrogen and oxygen atoms in total. The number of hydrogen-bond donors (Lipinski definition) is 0. The molecular formula is C25H27Br2N3O5. The molecule has 0 spiro atoms. The number of esters is 1. The number of carbonyl (C=O) groups is 1. The second kappa shape index (κ2) is 11.8. The molecule has 2 aromatic carbocycles. The molecule has 35 heavy (non-hydrogen) atoms. The monoisotopic (exact) mass is 607 g/mol. The fraction of sp³-hybridized carbons (Fsp3) is 0.360. The fourth-order valence-electron chi connectivity index (χ4n) is 3.30. The lowest BCUT2D eigenvalue weighted by molar-refractivity contribution is -0.150. The van der Waals surface area contributed by atoms with E-state index in [2.05, 4.69) is 41.9 Å². The summed E-state index contributed by atoms with van der Waals surface area (Å²) in [7, 11) is 0. The van der Waals surface area contributed by atoms with Crippen molar-refractivity contribution in [3.63, 3.8) is 0 Å². The summed E-state index contributed by atoms with van der Waals surface area (Å²) in [5, 5.41) is 4.94. The normalized spacial score (nSPS) is 12.3.